The highest BCUT2D eigenvalue weighted by Gasteiger charge is 2.52. The number of likely N-dealkylation sites (tertiary alicyclic amines) is 1. The van der Waals surface area contributed by atoms with Gasteiger partial charge in [-0.15, -0.1) is 0 Å². The lowest BCUT2D eigenvalue weighted by Gasteiger charge is -2.53. The van der Waals surface area contributed by atoms with Crippen LogP contribution < -0.4 is 5.32 Å². The van der Waals surface area contributed by atoms with E-state index in [1.807, 2.05) is 30.5 Å². The number of nitrogens with one attached hydrogen (secondary N) is 2. The van der Waals surface area contributed by atoms with Crippen molar-refractivity contribution in [3.63, 3.8) is 0 Å². The van der Waals surface area contributed by atoms with Crippen molar-refractivity contribution < 1.29 is 14.7 Å². The highest BCUT2D eigenvalue weighted by Crippen LogP contribution is 2.57. The Labute approximate surface area is 244 Å². The molecule has 2 aromatic carbocycles. The molecule has 3 N–H and O–H groups in total. The van der Waals surface area contributed by atoms with Crippen LogP contribution in [0.25, 0.3) is 10.9 Å². The molecule has 1 aromatic heterocycles. The molecule has 1 aliphatic heterocycles. The number of halogens is 1. The molecule has 41 heavy (non-hydrogen) atoms. The van der Waals surface area contributed by atoms with Crippen molar-refractivity contribution in [1.29, 1.82) is 5.26 Å². The predicted octanol–water partition coefficient (Wildman–Crippen LogP) is 6.61. The third-order valence-corrected chi connectivity index (χ3v) is 10.5. The number of nitrogens with zero attached hydrogens (tertiary/aromatic N) is 2. The minimum atomic E-state index is -1.11. The number of nitriles is 1. The average Bonchev–Trinajstić information content (AvgIpc) is 3.88. The zero-order valence-corrected chi connectivity index (χ0v) is 24.1. The first-order chi connectivity index (χ1) is 19.7. The number of fused-ring (bicyclic) bond motifs is 1. The first kappa shape index (κ1) is 26.6. The summed E-state index contributed by atoms with van der Waals surface area (Å²) >= 11 is 6.79. The molecule has 1 atom stereocenters. The van der Waals surface area contributed by atoms with E-state index in [9.17, 15) is 20.0 Å². The van der Waals surface area contributed by atoms with E-state index in [0.29, 0.717) is 24.3 Å². The summed E-state index contributed by atoms with van der Waals surface area (Å²) in [7, 11) is 0. The number of aliphatic carboxylic acids is 1. The van der Waals surface area contributed by atoms with Gasteiger partial charge in [-0.25, -0.2) is 4.79 Å². The lowest BCUT2D eigenvalue weighted by atomic mass is 9.56. The summed E-state index contributed by atoms with van der Waals surface area (Å²) in [5, 5.41) is 23.6. The molecule has 0 bridgehead atoms. The van der Waals surface area contributed by atoms with Crippen molar-refractivity contribution in [2.45, 2.75) is 82.3 Å². The Kier molecular flexibility index (Phi) is 6.22. The quantitative estimate of drug-likeness (QED) is 0.296. The Morgan fingerprint density at radius 3 is 2.54 bits per heavy atom. The number of aromatic amines is 1. The third-order valence-electron chi connectivity index (χ3n) is 10.2. The molecule has 4 fully saturated rings. The number of carboxylic acids is 1. The van der Waals surface area contributed by atoms with Gasteiger partial charge in [-0.05, 0) is 111 Å². The second-order valence-corrected chi connectivity index (χ2v) is 13.5. The summed E-state index contributed by atoms with van der Waals surface area (Å²) in [5.41, 5.74) is 5.78. The van der Waals surface area contributed by atoms with E-state index >= 15 is 0 Å². The third kappa shape index (κ3) is 4.62. The molecule has 3 aliphatic carbocycles. The lowest BCUT2D eigenvalue weighted by Crippen LogP contribution is -2.48. The van der Waals surface area contributed by atoms with Crippen molar-refractivity contribution in [1.82, 2.24) is 15.2 Å². The van der Waals surface area contributed by atoms with Crippen molar-refractivity contribution in [2.24, 2.45) is 11.3 Å². The second-order valence-electron chi connectivity index (χ2n) is 13.1. The zero-order chi connectivity index (χ0) is 28.5. The molecule has 7 rings (SSSR count). The van der Waals surface area contributed by atoms with E-state index < -0.39 is 11.5 Å². The highest BCUT2D eigenvalue weighted by molar-refractivity contribution is 6.36. The summed E-state index contributed by atoms with van der Waals surface area (Å²) in [5.74, 6) is -0.577. The van der Waals surface area contributed by atoms with Crippen molar-refractivity contribution >= 4 is 34.4 Å². The number of aromatic nitrogens is 1. The van der Waals surface area contributed by atoms with Crippen LogP contribution in [-0.2, 0) is 11.3 Å². The van der Waals surface area contributed by atoms with E-state index in [-0.39, 0.29) is 23.3 Å². The number of hydrogen-bond acceptors (Lipinski definition) is 4. The van der Waals surface area contributed by atoms with Crippen LogP contribution in [0.1, 0.15) is 95.9 Å². The molecule has 4 aliphatic rings. The number of carbonyl (C=O) groups excluding carboxylic acids is 1. The fourth-order valence-electron chi connectivity index (χ4n) is 7.48. The van der Waals surface area contributed by atoms with Gasteiger partial charge in [-0.2, -0.15) is 5.26 Å². The maximum Gasteiger partial charge on any atom is 0.329 e. The van der Waals surface area contributed by atoms with Crippen molar-refractivity contribution in [3.8, 4) is 6.07 Å². The van der Waals surface area contributed by atoms with E-state index in [1.54, 1.807) is 0 Å². The SMILES string of the molecule is Cc1cc(C2CC2)c(CN2CCC3(CC(C#N)C3)C[C@H]2c2ccc(C(=O)NC3(C(=O)O)CC3)cc2)c2c(Cl)c[nH]c12. The van der Waals surface area contributed by atoms with Crippen LogP contribution in [0, 0.1) is 29.6 Å². The first-order valence-corrected chi connectivity index (χ1v) is 15.2. The second kappa shape index (κ2) is 9.61. The number of hydrogen-bond donors (Lipinski definition) is 3. The van der Waals surface area contributed by atoms with Crippen LogP contribution in [0.5, 0.6) is 0 Å². The first-order valence-electron chi connectivity index (χ1n) is 14.8. The molecule has 0 radical (unpaired) electrons. The van der Waals surface area contributed by atoms with Gasteiger partial charge in [0.2, 0.25) is 0 Å². The summed E-state index contributed by atoms with van der Waals surface area (Å²) < 4.78 is 0. The Hall–Kier alpha value is -3.34. The van der Waals surface area contributed by atoms with E-state index in [4.69, 9.17) is 11.6 Å². The number of piperidine rings is 1. The van der Waals surface area contributed by atoms with Crippen LogP contribution in [-0.4, -0.2) is 39.0 Å². The molecular formula is C33H35ClN4O3. The van der Waals surface area contributed by atoms with E-state index in [2.05, 4.69) is 34.3 Å². The summed E-state index contributed by atoms with van der Waals surface area (Å²) in [4.78, 5) is 30.4. The number of amides is 1. The molecular weight excluding hydrogens is 536 g/mol. The topological polar surface area (TPSA) is 109 Å². The maximum atomic E-state index is 12.9. The molecule has 1 amide bonds. The molecule has 0 unspecified atom stereocenters. The van der Waals surface area contributed by atoms with Gasteiger partial charge in [0.1, 0.15) is 5.54 Å². The van der Waals surface area contributed by atoms with Crippen LogP contribution in [0.4, 0.5) is 0 Å². The number of H-pyrrole nitrogens is 1. The Bertz CT molecular complexity index is 1590. The zero-order valence-electron chi connectivity index (χ0n) is 23.3. The maximum absolute atomic E-state index is 12.9. The molecule has 1 saturated heterocycles. The van der Waals surface area contributed by atoms with Crippen molar-refractivity contribution in [3.05, 3.63) is 69.4 Å². The minimum Gasteiger partial charge on any atom is -0.480 e. The molecule has 2 heterocycles. The van der Waals surface area contributed by atoms with Crippen LogP contribution in [0.15, 0.2) is 36.5 Å². The van der Waals surface area contributed by atoms with E-state index in [1.165, 1.54) is 29.5 Å². The van der Waals surface area contributed by atoms with Gasteiger partial charge in [0.05, 0.1) is 16.6 Å². The minimum absolute atomic E-state index is 0.147. The summed E-state index contributed by atoms with van der Waals surface area (Å²) in [6, 6.07) is 12.7. The molecule has 212 valence electrons. The van der Waals surface area contributed by atoms with Gasteiger partial charge in [-0.1, -0.05) is 29.8 Å². The van der Waals surface area contributed by atoms with Gasteiger partial charge < -0.3 is 15.4 Å². The molecule has 3 saturated carbocycles. The van der Waals surface area contributed by atoms with Crippen LogP contribution in [0.2, 0.25) is 5.02 Å². The number of carboxylic acid groups (broad SMARTS) is 1. The van der Waals surface area contributed by atoms with Gasteiger partial charge >= 0.3 is 5.97 Å². The van der Waals surface area contributed by atoms with Crippen molar-refractivity contribution in [2.75, 3.05) is 6.54 Å². The monoisotopic (exact) mass is 570 g/mol. The molecule has 3 aromatic rings. The highest BCUT2D eigenvalue weighted by atomic mass is 35.5. The van der Waals surface area contributed by atoms with Gasteiger partial charge in [0, 0.05) is 35.7 Å². The molecule has 1 spiro atoms. The summed E-state index contributed by atoms with van der Waals surface area (Å²) in [6.45, 7) is 3.89. The average molecular weight is 571 g/mol. The smallest absolute Gasteiger partial charge is 0.329 e. The Morgan fingerprint density at radius 1 is 1.17 bits per heavy atom. The van der Waals surface area contributed by atoms with Gasteiger partial charge in [0.25, 0.3) is 5.91 Å². The van der Waals surface area contributed by atoms with E-state index in [0.717, 1.165) is 60.3 Å². The molecule has 7 nitrogen and oxygen atoms in total. The normalized spacial score (nSPS) is 26.9. The Morgan fingerprint density at radius 2 is 1.90 bits per heavy atom. The predicted molar refractivity (Wildman–Crippen MR) is 157 cm³/mol. The van der Waals surface area contributed by atoms with Crippen LogP contribution >= 0.6 is 11.6 Å². The largest absolute Gasteiger partial charge is 0.480 e. The number of rotatable bonds is 7. The van der Waals surface area contributed by atoms with Gasteiger partial charge in [0.15, 0.2) is 0 Å². The Balaban J connectivity index is 1.20. The standard InChI is InChI=1S/C33H35ClN4O3/c1-19-12-24(21-2-3-21)25(28-26(34)17-36-29(19)28)18-38-11-10-32(13-20(14-32)16-35)15-27(38)22-4-6-23(7-5-22)30(39)37-33(8-9-33)31(40)41/h4-7,12,17,20-21,27,36H,2-3,8-11,13-15,18H2,1H3,(H,37,39)(H,40,41)/t20?,27-,32?/m0/s1. The molecule has 8 heteroatoms. The lowest BCUT2D eigenvalue weighted by molar-refractivity contribution is -0.140. The number of carbonyl (C=O) groups is 2. The fraction of sp³-hybridized carbons (Fsp3) is 0.485. The number of benzene rings is 2. The fourth-order valence-corrected chi connectivity index (χ4v) is 7.74. The van der Waals surface area contributed by atoms with Crippen LogP contribution in [0.3, 0.4) is 0 Å². The number of aryl methyl sites for hydroxylation is 1. The van der Waals surface area contributed by atoms with Gasteiger partial charge in [-0.3, -0.25) is 9.69 Å². The summed E-state index contributed by atoms with van der Waals surface area (Å²) in [6.07, 6.45) is 9.24.